The van der Waals surface area contributed by atoms with Crippen molar-refractivity contribution in [3.63, 3.8) is 0 Å². The number of aromatic nitrogens is 4. The third-order valence-electron chi connectivity index (χ3n) is 8.74. The highest BCUT2D eigenvalue weighted by molar-refractivity contribution is 5.97. The lowest BCUT2D eigenvalue weighted by Gasteiger charge is -2.41. The Kier molecular flexibility index (Phi) is 8.14. The lowest BCUT2D eigenvalue weighted by molar-refractivity contribution is -0.125. The van der Waals surface area contributed by atoms with Crippen LogP contribution in [0, 0.1) is 11.3 Å². The van der Waals surface area contributed by atoms with E-state index in [-0.39, 0.29) is 35.6 Å². The summed E-state index contributed by atoms with van der Waals surface area (Å²) < 4.78 is 9.01. The van der Waals surface area contributed by atoms with Gasteiger partial charge in [-0.25, -0.2) is 14.8 Å². The predicted octanol–water partition coefficient (Wildman–Crippen LogP) is 3.21. The Morgan fingerprint density at radius 3 is 2.40 bits per heavy atom. The number of imidazole rings is 1. The molecule has 0 spiro atoms. The zero-order valence-electron chi connectivity index (χ0n) is 25.8. The van der Waals surface area contributed by atoms with Crippen LogP contribution < -0.4 is 16.2 Å². The number of fused-ring (bicyclic) bond motifs is 1. The van der Waals surface area contributed by atoms with E-state index in [1.54, 1.807) is 39.8 Å². The monoisotopic (exact) mass is 607 g/mol. The molecular weight excluding hydrogens is 570 g/mol. The van der Waals surface area contributed by atoms with Gasteiger partial charge in [0.1, 0.15) is 35.0 Å². The molecule has 0 bridgehead atoms. The van der Waals surface area contributed by atoms with Crippen molar-refractivity contribution >= 4 is 22.9 Å². The normalized spacial score (nSPS) is 18.3. The molecule has 0 radical (unpaired) electrons. The van der Waals surface area contributed by atoms with Crippen LogP contribution in [0.2, 0.25) is 0 Å². The molecule has 1 amide bonds. The molecule has 45 heavy (non-hydrogen) atoms. The van der Waals surface area contributed by atoms with Gasteiger partial charge in [-0.3, -0.25) is 18.8 Å². The van der Waals surface area contributed by atoms with Crippen molar-refractivity contribution in [1.29, 1.82) is 5.26 Å². The van der Waals surface area contributed by atoms with E-state index in [4.69, 9.17) is 10.5 Å². The molecule has 2 aliphatic rings. The number of nitrogens with zero attached hydrogens (tertiary/aromatic N) is 8. The van der Waals surface area contributed by atoms with Gasteiger partial charge in [-0.1, -0.05) is 18.2 Å². The number of likely N-dealkylation sites (tertiary alicyclic amines) is 1. The van der Waals surface area contributed by atoms with E-state index in [1.807, 2.05) is 44.2 Å². The summed E-state index contributed by atoms with van der Waals surface area (Å²) in [7, 11) is 2.09. The third kappa shape index (κ3) is 5.92. The maximum absolute atomic E-state index is 14.1. The average molecular weight is 608 g/mol. The zero-order valence-corrected chi connectivity index (χ0v) is 25.8. The molecular formula is C33H37N9O3. The summed E-state index contributed by atoms with van der Waals surface area (Å²) >= 11 is 0. The van der Waals surface area contributed by atoms with E-state index in [0.29, 0.717) is 41.3 Å². The number of rotatable bonds is 7. The average Bonchev–Trinajstić information content (AvgIpc) is 3.63. The van der Waals surface area contributed by atoms with Crippen LogP contribution in [0.15, 0.2) is 77.4 Å². The van der Waals surface area contributed by atoms with Crippen molar-refractivity contribution in [1.82, 2.24) is 33.8 Å². The van der Waals surface area contributed by atoms with Crippen LogP contribution in [-0.4, -0.2) is 91.6 Å². The van der Waals surface area contributed by atoms with Crippen molar-refractivity contribution in [3.8, 4) is 23.3 Å². The molecule has 12 nitrogen and oxygen atoms in total. The van der Waals surface area contributed by atoms with Crippen LogP contribution in [0.4, 0.5) is 5.82 Å². The second kappa shape index (κ2) is 12.2. The minimum Gasteiger partial charge on any atom is -0.457 e. The number of nitrogens with two attached hydrogens (primary N) is 1. The van der Waals surface area contributed by atoms with Crippen molar-refractivity contribution in [2.75, 3.05) is 52.0 Å². The fourth-order valence-corrected chi connectivity index (χ4v) is 6.20. The topological polar surface area (TPSA) is 139 Å². The fraction of sp³-hybridized carbons (Fsp3) is 0.364. The van der Waals surface area contributed by atoms with Crippen LogP contribution in [0.3, 0.4) is 0 Å². The van der Waals surface area contributed by atoms with Gasteiger partial charge in [0.25, 0.3) is 5.91 Å². The second-order valence-electron chi connectivity index (χ2n) is 12.1. The smallest absolute Gasteiger partial charge is 0.335 e. The summed E-state index contributed by atoms with van der Waals surface area (Å²) in [4.78, 5) is 42.5. The molecule has 2 aromatic heterocycles. The molecule has 0 saturated carbocycles. The van der Waals surface area contributed by atoms with E-state index >= 15 is 0 Å². The van der Waals surface area contributed by atoms with E-state index < -0.39 is 5.54 Å². The second-order valence-corrected chi connectivity index (χ2v) is 12.1. The SMILES string of the molecule is CN1CCN(C(C)(C)/C=C(/C#N)C(=O)N2CC[C@H](n3c(=O)n(-c4ccc(Oc5ccccc5)cc4)c4c(N)ncnc43)C2)CC1. The highest BCUT2D eigenvalue weighted by Crippen LogP contribution is 2.30. The van der Waals surface area contributed by atoms with Crippen LogP contribution in [0.1, 0.15) is 26.3 Å². The summed E-state index contributed by atoms with van der Waals surface area (Å²) in [6, 6.07) is 18.4. The van der Waals surface area contributed by atoms with Crippen LogP contribution in [0.25, 0.3) is 16.9 Å². The van der Waals surface area contributed by atoms with Crippen LogP contribution in [0.5, 0.6) is 11.5 Å². The van der Waals surface area contributed by atoms with Gasteiger partial charge in [0.2, 0.25) is 0 Å². The van der Waals surface area contributed by atoms with Gasteiger partial charge in [0.15, 0.2) is 11.5 Å². The van der Waals surface area contributed by atoms with Gasteiger partial charge < -0.3 is 20.3 Å². The summed E-state index contributed by atoms with van der Waals surface area (Å²) in [5.74, 6) is 1.16. The summed E-state index contributed by atoms with van der Waals surface area (Å²) in [5, 5.41) is 10.0. The van der Waals surface area contributed by atoms with Crippen molar-refractivity contribution < 1.29 is 9.53 Å². The zero-order chi connectivity index (χ0) is 31.7. The maximum atomic E-state index is 14.1. The Morgan fingerprint density at radius 1 is 1.02 bits per heavy atom. The molecule has 2 saturated heterocycles. The number of likely N-dealkylation sites (N-methyl/N-ethyl adjacent to an activating group) is 1. The molecule has 0 aliphatic carbocycles. The Hall–Kier alpha value is -4.99. The largest absolute Gasteiger partial charge is 0.457 e. The lowest BCUT2D eigenvalue weighted by atomic mass is 9.97. The summed E-state index contributed by atoms with van der Waals surface area (Å²) in [5.41, 5.74) is 7.00. The van der Waals surface area contributed by atoms with E-state index in [2.05, 4.69) is 32.9 Å². The number of hydrogen-bond donors (Lipinski definition) is 1. The molecule has 2 aromatic carbocycles. The number of hydrogen-bond acceptors (Lipinski definition) is 9. The number of nitriles is 1. The molecule has 2 aliphatic heterocycles. The number of nitrogen functional groups attached to an aromatic ring is 1. The van der Waals surface area contributed by atoms with E-state index in [9.17, 15) is 14.9 Å². The van der Waals surface area contributed by atoms with Gasteiger partial charge in [-0.15, -0.1) is 0 Å². The maximum Gasteiger partial charge on any atom is 0.335 e. The van der Waals surface area contributed by atoms with Crippen molar-refractivity contribution in [3.05, 3.63) is 83.1 Å². The Labute approximate surface area is 261 Å². The highest BCUT2D eigenvalue weighted by atomic mass is 16.5. The number of piperazine rings is 1. The van der Waals surface area contributed by atoms with Crippen LogP contribution >= 0.6 is 0 Å². The standard InChI is InChI=1S/C33H37N9O3/c1-33(2,40-17-15-38(3)16-18-40)19-23(20-34)31(43)39-14-13-25(21-39)42-30-28(29(35)36-22-37-30)41(32(42)44)24-9-11-27(12-10-24)45-26-7-5-4-6-8-26/h4-12,19,22,25H,13-18,21H2,1-3H3,(H2,35,36,37)/b23-19-/t25-/m0/s1. The Morgan fingerprint density at radius 2 is 1.71 bits per heavy atom. The molecule has 6 rings (SSSR count). The van der Waals surface area contributed by atoms with Gasteiger partial charge in [0.05, 0.1) is 11.7 Å². The number of benzene rings is 2. The quantitative estimate of drug-likeness (QED) is 0.248. The molecule has 0 unspecified atom stereocenters. The Bertz CT molecular complexity index is 1830. The number of amides is 1. The molecule has 4 heterocycles. The third-order valence-corrected chi connectivity index (χ3v) is 8.74. The first-order chi connectivity index (χ1) is 21.7. The van der Waals surface area contributed by atoms with Gasteiger partial charge >= 0.3 is 5.69 Å². The number of anilines is 1. The number of para-hydroxylation sites is 1. The van der Waals surface area contributed by atoms with Crippen molar-refractivity contribution in [2.45, 2.75) is 31.8 Å². The van der Waals surface area contributed by atoms with E-state index in [1.165, 1.54) is 10.9 Å². The summed E-state index contributed by atoms with van der Waals surface area (Å²) in [6.07, 6.45) is 3.65. The van der Waals surface area contributed by atoms with Gasteiger partial charge in [0, 0.05) is 44.8 Å². The van der Waals surface area contributed by atoms with Crippen LogP contribution in [-0.2, 0) is 4.79 Å². The molecule has 232 valence electrons. The van der Waals surface area contributed by atoms with Gasteiger partial charge in [-0.05, 0) is 69.8 Å². The first kappa shape index (κ1) is 30.1. The minimum atomic E-state index is -0.457. The minimum absolute atomic E-state index is 0.110. The predicted molar refractivity (Wildman–Crippen MR) is 171 cm³/mol. The number of ether oxygens (including phenoxy) is 1. The first-order valence-electron chi connectivity index (χ1n) is 15.1. The fourth-order valence-electron chi connectivity index (χ4n) is 6.20. The molecule has 1 atom stereocenters. The lowest BCUT2D eigenvalue weighted by Crippen LogP contribution is -2.53. The van der Waals surface area contributed by atoms with Gasteiger partial charge in [-0.2, -0.15) is 5.26 Å². The number of carbonyl (C=O) groups is 1. The molecule has 2 N–H and O–H groups in total. The Balaban J connectivity index is 1.26. The highest BCUT2D eigenvalue weighted by Gasteiger charge is 2.35. The molecule has 4 aromatic rings. The molecule has 12 heteroatoms. The summed E-state index contributed by atoms with van der Waals surface area (Å²) in [6.45, 7) is 8.33. The van der Waals surface area contributed by atoms with Crippen molar-refractivity contribution in [2.24, 2.45) is 0 Å². The first-order valence-corrected chi connectivity index (χ1v) is 15.1. The van der Waals surface area contributed by atoms with E-state index in [0.717, 1.165) is 26.2 Å². The number of carbonyl (C=O) groups excluding carboxylic acids is 1. The molecule has 2 fully saturated rings.